The summed E-state index contributed by atoms with van der Waals surface area (Å²) < 4.78 is 6.33. The van der Waals surface area contributed by atoms with Gasteiger partial charge in [0, 0.05) is 0 Å². The van der Waals surface area contributed by atoms with Gasteiger partial charge in [-0.1, -0.05) is 0 Å². The van der Waals surface area contributed by atoms with Crippen LogP contribution in [0.25, 0.3) is 0 Å². The summed E-state index contributed by atoms with van der Waals surface area (Å²) in [7, 11) is 0. The van der Waals surface area contributed by atoms with Gasteiger partial charge < -0.3 is 0 Å². The maximum absolute atomic E-state index is 12.5. The standard InChI is InChI=1S/C28H44O3Te/c1-17(29)22-9-10-23-21-8-7-19-15-20(31-18(2)30)16-25(32)28(19,14-13-26(3,4)5)24(21)11-12-27(22,23)6/h7,20-25,32H,8-16H2,1-6H3/t20?,21-,22+,23-,24-,25?,27+,28-/m0/s1. The molecule has 0 heterocycles. The van der Waals surface area contributed by atoms with Crippen LogP contribution in [0.5, 0.6) is 0 Å². The monoisotopic (exact) mass is 558 g/mol. The van der Waals surface area contributed by atoms with E-state index in [-0.39, 0.29) is 28.8 Å². The number of fused-ring (bicyclic) bond motifs is 5. The van der Waals surface area contributed by atoms with Crippen molar-refractivity contribution in [3.05, 3.63) is 11.6 Å². The van der Waals surface area contributed by atoms with Gasteiger partial charge in [-0.25, -0.2) is 0 Å². The minimum atomic E-state index is -0.139. The van der Waals surface area contributed by atoms with Crippen molar-refractivity contribution in [1.82, 2.24) is 0 Å². The van der Waals surface area contributed by atoms with E-state index in [1.54, 1.807) is 12.5 Å². The van der Waals surface area contributed by atoms with E-state index in [1.165, 1.54) is 32.1 Å². The van der Waals surface area contributed by atoms with E-state index in [4.69, 9.17) is 4.74 Å². The molecule has 4 aliphatic rings. The third-order valence-corrected chi connectivity index (χ3v) is 11.9. The summed E-state index contributed by atoms with van der Waals surface area (Å²) in [6.07, 6.45) is 13.0. The number of esters is 1. The Morgan fingerprint density at radius 2 is 1.88 bits per heavy atom. The van der Waals surface area contributed by atoms with Gasteiger partial charge in [0.1, 0.15) is 0 Å². The van der Waals surface area contributed by atoms with Gasteiger partial charge in [0.05, 0.1) is 0 Å². The molecule has 0 spiro atoms. The first-order chi connectivity index (χ1) is 14.9. The molecule has 2 unspecified atom stereocenters. The zero-order chi connectivity index (χ0) is 23.5. The zero-order valence-corrected chi connectivity index (χ0v) is 23.6. The van der Waals surface area contributed by atoms with Crippen LogP contribution in [0.2, 0.25) is 3.97 Å². The summed E-state index contributed by atoms with van der Waals surface area (Å²) in [5, 5.41) is 0. The van der Waals surface area contributed by atoms with Gasteiger partial charge in [0.25, 0.3) is 0 Å². The van der Waals surface area contributed by atoms with E-state index in [0.717, 1.165) is 31.6 Å². The quantitative estimate of drug-likeness (QED) is 0.236. The Morgan fingerprint density at radius 1 is 1.16 bits per heavy atom. The summed E-state index contributed by atoms with van der Waals surface area (Å²) in [5.74, 6) is 2.66. The molecule has 3 saturated carbocycles. The summed E-state index contributed by atoms with van der Waals surface area (Å²) in [6.45, 7) is 12.9. The van der Waals surface area contributed by atoms with E-state index < -0.39 is 0 Å². The van der Waals surface area contributed by atoms with Crippen LogP contribution < -0.4 is 0 Å². The van der Waals surface area contributed by atoms with Crippen molar-refractivity contribution in [2.75, 3.05) is 0 Å². The second kappa shape index (κ2) is 8.71. The van der Waals surface area contributed by atoms with Gasteiger partial charge in [-0.3, -0.25) is 0 Å². The molecular weight excluding hydrogens is 512 g/mol. The van der Waals surface area contributed by atoms with Crippen molar-refractivity contribution in [3.63, 3.8) is 0 Å². The maximum atomic E-state index is 12.5. The van der Waals surface area contributed by atoms with E-state index in [1.807, 2.05) is 29.2 Å². The third-order valence-electron chi connectivity index (χ3n) is 9.97. The fourth-order valence-corrected chi connectivity index (χ4v) is 10.6. The number of ether oxygens (including phenoxy) is 1. The molecule has 3 nitrogen and oxygen atoms in total. The topological polar surface area (TPSA) is 43.4 Å². The molecule has 0 amide bonds. The summed E-state index contributed by atoms with van der Waals surface area (Å²) in [5.41, 5.74) is 2.39. The first kappa shape index (κ1) is 24.8. The second-order valence-corrected chi connectivity index (χ2v) is 14.7. The molecular formula is C28H44O3Te. The number of hydrogen-bond acceptors (Lipinski definition) is 3. The van der Waals surface area contributed by atoms with Crippen molar-refractivity contribution in [1.29, 1.82) is 0 Å². The van der Waals surface area contributed by atoms with E-state index in [2.05, 4.69) is 33.8 Å². The van der Waals surface area contributed by atoms with Crippen molar-refractivity contribution < 1.29 is 14.3 Å². The number of Topliss-reactive ketones (excluding diaryl/α,β-unsaturated/α-hetero) is 1. The molecule has 0 aliphatic heterocycles. The van der Waals surface area contributed by atoms with Gasteiger partial charge in [-0.2, -0.15) is 0 Å². The molecule has 32 heavy (non-hydrogen) atoms. The van der Waals surface area contributed by atoms with Crippen molar-refractivity contribution >= 4 is 34.0 Å². The van der Waals surface area contributed by atoms with Gasteiger partial charge >= 0.3 is 209 Å². The van der Waals surface area contributed by atoms with Crippen molar-refractivity contribution in [2.24, 2.45) is 39.9 Å². The molecule has 4 aliphatic carbocycles. The molecule has 0 radical (unpaired) electrons. The number of ketones is 1. The number of carbonyl (C=O) groups is 2. The number of rotatable bonds is 4. The SMILES string of the molecule is CC(=O)OC1CC2=CC[C@H]3[C@@H]4CC[C@H](C(C)=O)[C@@]4(C)CC[C@@H]3[C@@]2(CCC(C)(C)C)C([TeH])C1. The van der Waals surface area contributed by atoms with E-state index in [9.17, 15) is 9.59 Å². The Morgan fingerprint density at radius 3 is 2.50 bits per heavy atom. The fourth-order valence-electron chi connectivity index (χ4n) is 8.57. The van der Waals surface area contributed by atoms with Crippen LogP contribution in [-0.4, -0.2) is 40.2 Å². The molecule has 0 aromatic carbocycles. The Balaban J connectivity index is 1.70. The number of allylic oxidation sites excluding steroid dienone is 1. The Bertz CT molecular complexity index is 795. The summed E-state index contributed by atoms with van der Waals surface area (Å²) >= 11 is 1.98. The van der Waals surface area contributed by atoms with Crippen LogP contribution in [0.15, 0.2) is 11.6 Å². The number of carbonyl (C=O) groups excluding carboxylic acids is 2. The van der Waals surface area contributed by atoms with Crippen LogP contribution in [0.3, 0.4) is 0 Å². The van der Waals surface area contributed by atoms with Crippen LogP contribution in [0, 0.1) is 39.9 Å². The van der Waals surface area contributed by atoms with E-state index >= 15 is 0 Å². The van der Waals surface area contributed by atoms with Crippen LogP contribution >= 0.6 is 0 Å². The molecule has 0 aromatic heterocycles. The molecule has 0 bridgehead atoms. The predicted molar refractivity (Wildman–Crippen MR) is 131 cm³/mol. The van der Waals surface area contributed by atoms with Crippen LogP contribution in [0.1, 0.15) is 99.3 Å². The molecule has 4 rings (SSSR count). The zero-order valence-electron chi connectivity index (χ0n) is 21.1. The average molecular weight is 556 g/mol. The second-order valence-electron chi connectivity index (χ2n) is 12.9. The third kappa shape index (κ3) is 4.15. The predicted octanol–water partition coefficient (Wildman–Crippen LogP) is 6.19. The first-order valence-corrected chi connectivity index (χ1v) is 14.4. The molecule has 3 fully saturated rings. The molecule has 180 valence electrons. The molecule has 0 aromatic rings. The van der Waals surface area contributed by atoms with Crippen molar-refractivity contribution in [2.45, 2.75) is 109 Å². The van der Waals surface area contributed by atoms with Gasteiger partial charge in [0.15, 0.2) is 0 Å². The molecule has 0 saturated heterocycles. The van der Waals surface area contributed by atoms with Gasteiger partial charge in [-0.15, -0.1) is 0 Å². The van der Waals surface area contributed by atoms with Crippen LogP contribution in [0.4, 0.5) is 0 Å². The minimum absolute atomic E-state index is 0.0500. The summed E-state index contributed by atoms with van der Waals surface area (Å²) in [4.78, 5) is 24.2. The number of hydrogen-bond donors (Lipinski definition) is 0. The average Bonchev–Trinajstić information content (AvgIpc) is 3.03. The Kier molecular flexibility index (Phi) is 6.75. The van der Waals surface area contributed by atoms with E-state index in [0.29, 0.717) is 27.0 Å². The van der Waals surface area contributed by atoms with Crippen molar-refractivity contribution in [3.8, 4) is 0 Å². The Labute approximate surface area is 208 Å². The first-order valence-electron chi connectivity index (χ1n) is 12.9. The molecule has 4 heteroatoms. The fraction of sp³-hybridized carbons (Fsp3) is 0.857. The molecule has 0 N–H and O–H groups in total. The normalized spacial score (nSPS) is 43.5. The Hall–Kier alpha value is -0.330. The molecule has 8 atom stereocenters. The summed E-state index contributed by atoms with van der Waals surface area (Å²) in [6, 6.07) is 0. The van der Waals surface area contributed by atoms with Gasteiger partial charge in [-0.05, 0) is 0 Å². The van der Waals surface area contributed by atoms with Gasteiger partial charge in [0.2, 0.25) is 0 Å². The van der Waals surface area contributed by atoms with Crippen LogP contribution in [-0.2, 0) is 14.3 Å².